The van der Waals surface area contributed by atoms with Crippen LogP contribution in [0.2, 0.25) is 0 Å². The van der Waals surface area contributed by atoms with Crippen LogP contribution in [0, 0.1) is 0 Å². The Kier molecular flexibility index (Phi) is 6.71. The van der Waals surface area contributed by atoms with Crippen LogP contribution in [0.1, 0.15) is 42.1 Å². The number of carbonyl (C=O) groups is 2. The Morgan fingerprint density at radius 2 is 1.79 bits per heavy atom. The Morgan fingerprint density at radius 1 is 1.08 bits per heavy atom. The average molecular weight is 324 g/mol. The fourth-order valence-corrected chi connectivity index (χ4v) is 1.93. The van der Waals surface area contributed by atoms with Crippen LogP contribution in [-0.4, -0.2) is 18.1 Å². The molecule has 0 spiro atoms. The number of hydrogen-bond donors (Lipinski definition) is 1. The van der Waals surface area contributed by atoms with E-state index in [-0.39, 0.29) is 5.91 Å². The molecule has 2 rings (SSSR count). The molecule has 5 heteroatoms. The van der Waals surface area contributed by atoms with Crippen molar-refractivity contribution in [1.29, 1.82) is 0 Å². The van der Waals surface area contributed by atoms with E-state index in [0.717, 1.165) is 18.4 Å². The lowest BCUT2D eigenvalue weighted by atomic mass is 10.2. The number of amides is 1. The first-order valence-electron chi connectivity index (χ1n) is 7.88. The van der Waals surface area contributed by atoms with Crippen molar-refractivity contribution in [3.05, 3.63) is 65.7 Å². The molecular formula is C19H20N2O3. The van der Waals surface area contributed by atoms with Crippen molar-refractivity contribution < 1.29 is 14.3 Å². The molecule has 0 aromatic heterocycles. The molecule has 124 valence electrons. The van der Waals surface area contributed by atoms with Crippen LogP contribution < -0.4 is 10.2 Å². The van der Waals surface area contributed by atoms with Crippen molar-refractivity contribution in [2.75, 3.05) is 0 Å². The van der Waals surface area contributed by atoms with Gasteiger partial charge in [-0.2, -0.15) is 5.10 Å². The first-order valence-corrected chi connectivity index (χ1v) is 7.88. The molecule has 5 nitrogen and oxygen atoms in total. The highest BCUT2D eigenvalue weighted by Crippen LogP contribution is 2.13. The van der Waals surface area contributed by atoms with Gasteiger partial charge in [-0.25, -0.2) is 10.2 Å². The van der Waals surface area contributed by atoms with Crippen LogP contribution in [0.4, 0.5) is 0 Å². The molecule has 2 aromatic carbocycles. The van der Waals surface area contributed by atoms with Gasteiger partial charge in [-0.3, -0.25) is 4.79 Å². The molecule has 2 aromatic rings. The smallest absolute Gasteiger partial charge is 0.343 e. The van der Waals surface area contributed by atoms with Gasteiger partial charge in [0.25, 0.3) is 0 Å². The normalized spacial score (nSPS) is 10.5. The van der Waals surface area contributed by atoms with E-state index in [4.69, 9.17) is 4.74 Å². The van der Waals surface area contributed by atoms with E-state index >= 15 is 0 Å². The van der Waals surface area contributed by atoms with Crippen molar-refractivity contribution >= 4 is 18.1 Å². The van der Waals surface area contributed by atoms with Crippen molar-refractivity contribution in [2.45, 2.75) is 26.2 Å². The van der Waals surface area contributed by atoms with Crippen molar-refractivity contribution in [3.63, 3.8) is 0 Å². The molecule has 0 heterocycles. The maximum atomic E-state index is 11.9. The summed E-state index contributed by atoms with van der Waals surface area (Å²) in [5.74, 6) is -0.0466. The highest BCUT2D eigenvalue weighted by Gasteiger charge is 2.07. The van der Waals surface area contributed by atoms with Crippen LogP contribution in [0.15, 0.2) is 59.7 Å². The summed E-state index contributed by atoms with van der Waals surface area (Å²) in [5, 5.41) is 3.90. The molecule has 1 amide bonds. The first kappa shape index (κ1) is 17.4. The number of nitrogens with zero attached hydrogens (tertiary/aromatic N) is 1. The highest BCUT2D eigenvalue weighted by atomic mass is 16.5. The fourth-order valence-electron chi connectivity index (χ4n) is 1.93. The molecule has 0 fully saturated rings. The lowest BCUT2D eigenvalue weighted by molar-refractivity contribution is -0.121. The van der Waals surface area contributed by atoms with Crippen LogP contribution in [0.25, 0.3) is 0 Å². The SMILES string of the molecule is CCCCC(=O)NN=Cc1ccc(OC(=O)c2ccccc2)cc1. The lowest BCUT2D eigenvalue weighted by Gasteiger charge is -2.04. The van der Waals surface area contributed by atoms with Gasteiger partial charge in [-0.15, -0.1) is 0 Å². The number of hydrogen-bond acceptors (Lipinski definition) is 4. The summed E-state index contributed by atoms with van der Waals surface area (Å²) in [4.78, 5) is 23.4. The minimum atomic E-state index is -0.403. The maximum Gasteiger partial charge on any atom is 0.343 e. The number of benzene rings is 2. The quantitative estimate of drug-likeness (QED) is 0.366. The van der Waals surface area contributed by atoms with E-state index in [9.17, 15) is 9.59 Å². The molecule has 0 saturated heterocycles. The maximum absolute atomic E-state index is 11.9. The van der Waals surface area contributed by atoms with E-state index < -0.39 is 5.97 Å². The number of carbonyl (C=O) groups excluding carboxylic acids is 2. The van der Waals surface area contributed by atoms with Gasteiger partial charge in [0.1, 0.15) is 5.75 Å². The summed E-state index contributed by atoms with van der Waals surface area (Å²) in [6.45, 7) is 2.03. The van der Waals surface area contributed by atoms with Gasteiger partial charge in [0.15, 0.2) is 0 Å². The van der Waals surface area contributed by atoms with Crippen LogP contribution in [0.5, 0.6) is 5.75 Å². The molecule has 1 N–H and O–H groups in total. The summed E-state index contributed by atoms with van der Waals surface area (Å²) < 4.78 is 5.29. The molecule has 0 aliphatic carbocycles. The van der Waals surface area contributed by atoms with E-state index in [2.05, 4.69) is 10.5 Å². The molecule has 0 saturated carbocycles. The summed E-state index contributed by atoms with van der Waals surface area (Å²) in [6, 6.07) is 15.7. The van der Waals surface area contributed by atoms with E-state index in [1.807, 2.05) is 13.0 Å². The van der Waals surface area contributed by atoms with E-state index in [0.29, 0.717) is 17.7 Å². The third-order valence-corrected chi connectivity index (χ3v) is 3.26. The fraction of sp³-hybridized carbons (Fsp3) is 0.211. The summed E-state index contributed by atoms with van der Waals surface area (Å²) >= 11 is 0. The number of rotatable bonds is 7. The zero-order valence-corrected chi connectivity index (χ0v) is 13.6. The Morgan fingerprint density at radius 3 is 2.46 bits per heavy atom. The standard InChI is InChI=1S/C19H20N2O3/c1-2-3-9-18(22)21-20-14-15-10-12-17(13-11-15)24-19(23)16-7-5-4-6-8-16/h4-8,10-14H,2-3,9H2,1H3,(H,21,22). The second-order valence-electron chi connectivity index (χ2n) is 5.22. The molecule has 0 radical (unpaired) electrons. The average Bonchev–Trinajstić information content (AvgIpc) is 2.62. The van der Waals surface area contributed by atoms with Gasteiger partial charge in [0.05, 0.1) is 11.8 Å². The van der Waals surface area contributed by atoms with Gasteiger partial charge in [0.2, 0.25) is 5.91 Å². The van der Waals surface area contributed by atoms with Crippen molar-refractivity contribution in [1.82, 2.24) is 5.43 Å². The number of esters is 1. The van der Waals surface area contributed by atoms with Gasteiger partial charge >= 0.3 is 5.97 Å². The Labute approximate surface area is 141 Å². The molecule has 0 bridgehead atoms. The highest BCUT2D eigenvalue weighted by molar-refractivity contribution is 5.91. The lowest BCUT2D eigenvalue weighted by Crippen LogP contribution is -2.16. The van der Waals surface area contributed by atoms with Crippen LogP contribution in [0.3, 0.4) is 0 Å². The zero-order chi connectivity index (χ0) is 17.2. The van der Waals surface area contributed by atoms with E-state index in [1.165, 1.54) is 0 Å². The minimum Gasteiger partial charge on any atom is -0.423 e. The predicted molar refractivity (Wildman–Crippen MR) is 93.1 cm³/mol. The summed E-state index contributed by atoms with van der Waals surface area (Å²) in [5.41, 5.74) is 3.77. The molecule has 0 unspecified atom stereocenters. The number of ether oxygens (including phenoxy) is 1. The van der Waals surface area contributed by atoms with Gasteiger partial charge < -0.3 is 4.74 Å². The molecular weight excluding hydrogens is 304 g/mol. The van der Waals surface area contributed by atoms with Crippen molar-refractivity contribution in [2.24, 2.45) is 5.10 Å². The first-order chi connectivity index (χ1) is 11.7. The molecule has 0 aliphatic rings. The largest absolute Gasteiger partial charge is 0.423 e. The van der Waals surface area contributed by atoms with Crippen molar-refractivity contribution in [3.8, 4) is 5.75 Å². The predicted octanol–water partition coefficient (Wildman–Crippen LogP) is 3.55. The minimum absolute atomic E-state index is 0.0958. The Balaban J connectivity index is 1.86. The van der Waals surface area contributed by atoms with E-state index in [1.54, 1.807) is 54.7 Å². The van der Waals surface area contributed by atoms with Crippen LogP contribution >= 0.6 is 0 Å². The Hall–Kier alpha value is -2.95. The molecule has 0 aliphatic heterocycles. The third-order valence-electron chi connectivity index (χ3n) is 3.26. The van der Waals surface area contributed by atoms with Gasteiger partial charge in [-0.05, 0) is 48.4 Å². The number of nitrogens with one attached hydrogen (secondary N) is 1. The monoisotopic (exact) mass is 324 g/mol. The second kappa shape index (κ2) is 9.25. The third kappa shape index (κ3) is 5.68. The van der Waals surface area contributed by atoms with Gasteiger partial charge in [0, 0.05) is 6.42 Å². The Bertz CT molecular complexity index is 694. The second-order valence-corrected chi connectivity index (χ2v) is 5.22. The number of hydrazone groups is 1. The topological polar surface area (TPSA) is 67.8 Å². The van der Waals surface area contributed by atoms with Crippen LogP contribution in [-0.2, 0) is 4.79 Å². The molecule has 24 heavy (non-hydrogen) atoms. The molecule has 0 atom stereocenters. The van der Waals surface area contributed by atoms with Gasteiger partial charge in [-0.1, -0.05) is 31.5 Å². The number of unbranched alkanes of at least 4 members (excludes halogenated alkanes) is 1. The zero-order valence-electron chi connectivity index (χ0n) is 13.6. The summed E-state index contributed by atoms with van der Waals surface area (Å²) in [7, 11) is 0. The summed E-state index contributed by atoms with van der Waals surface area (Å²) in [6.07, 6.45) is 3.85.